The SMILES string of the molecule is CCCCCC(C)(C)CNc1ccc(N)cc1Br. The van der Waals surface area contributed by atoms with Crippen LogP contribution in [-0.4, -0.2) is 6.54 Å². The molecule has 3 N–H and O–H groups in total. The van der Waals surface area contributed by atoms with E-state index >= 15 is 0 Å². The van der Waals surface area contributed by atoms with Crippen LogP contribution in [0.25, 0.3) is 0 Å². The fraction of sp³-hybridized carbons (Fsp3) is 0.600. The Kier molecular flexibility index (Phi) is 6.00. The molecule has 3 heteroatoms. The van der Waals surface area contributed by atoms with E-state index in [0.29, 0.717) is 5.41 Å². The van der Waals surface area contributed by atoms with Gasteiger partial charge in [-0.05, 0) is 46.0 Å². The molecular weight excluding hydrogens is 288 g/mol. The van der Waals surface area contributed by atoms with Gasteiger partial charge in [0.25, 0.3) is 0 Å². The Morgan fingerprint density at radius 2 is 2.00 bits per heavy atom. The highest BCUT2D eigenvalue weighted by Crippen LogP contribution is 2.28. The zero-order valence-corrected chi connectivity index (χ0v) is 13.3. The molecule has 1 aromatic carbocycles. The van der Waals surface area contributed by atoms with Crippen LogP contribution in [0.15, 0.2) is 22.7 Å². The first kappa shape index (κ1) is 15.4. The van der Waals surface area contributed by atoms with E-state index < -0.39 is 0 Å². The van der Waals surface area contributed by atoms with Crippen LogP contribution in [-0.2, 0) is 0 Å². The van der Waals surface area contributed by atoms with Gasteiger partial charge in [-0.3, -0.25) is 0 Å². The molecule has 0 fully saturated rings. The van der Waals surface area contributed by atoms with Gasteiger partial charge >= 0.3 is 0 Å². The smallest absolute Gasteiger partial charge is 0.0486 e. The van der Waals surface area contributed by atoms with E-state index in [1.165, 1.54) is 25.7 Å². The Morgan fingerprint density at radius 1 is 1.28 bits per heavy atom. The highest BCUT2D eigenvalue weighted by atomic mass is 79.9. The number of nitrogens with one attached hydrogen (secondary N) is 1. The molecule has 0 saturated heterocycles. The number of benzene rings is 1. The summed E-state index contributed by atoms with van der Waals surface area (Å²) in [5, 5.41) is 3.50. The van der Waals surface area contributed by atoms with Gasteiger partial charge in [-0.1, -0.05) is 40.0 Å². The van der Waals surface area contributed by atoms with E-state index in [4.69, 9.17) is 5.73 Å². The minimum absolute atomic E-state index is 0.329. The summed E-state index contributed by atoms with van der Waals surface area (Å²) in [5.41, 5.74) is 7.97. The number of anilines is 2. The van der Waals surface area contributed by atoms with E-state index in [9.17, 15) is 0 Å². The third-order valence-corrected chi connectivity index (χ3v) is 3.86. The predicted octanol–water partition coefficient (Wildman–Crippen LogP) is 5.05. The molecule has 1 aromatic rings. The van der Waals surface area contributed by atoms with Crippen LogP contribution < -0.4 is 11.1 Å². The fourth-order valence-electron chi connectivity index (χ4n) is 1.95. The molecule has 0 aliphatic rings. The number of halogens is 1. The van der Waals surface area contributed by atoms with Gasteiger partial charge in [0, 0.05) is 22.4 Å². The summed E-state index contributed by atoms with van der Waals surface area (Å²) in [6, 6.07) is 5.89. The van der Waals surface area contributed by atoms with Crippen LogP contribution in [0, 0.1) is 5.41 Å². The maximum absolute atomic E-state index is 5.73. The lowest BCUT2D eigenvalue weighted by molar-refractivity contribution is 0.342. The number of unbranched alkanes of at least 4 members (excludes halogenated alkanes) is 2. The largest absolute Gasteiger partial charge is 0.399 e. The summed E-state index contributed by atoms with van der Waals surface area (Å²) in [4.78, 5) is 0. The number of hydrogen-bond donors (Lipinski definition) is 2. The third kappa shape index (κ3) is 5.30. The molecule has 0 spiro atoms. The van der Waals surface area contributed by atoms with E-state index in [-0.39, 0.29) is 0 Å². The molecule has 0 heterocycles. The first-order valence-electron chi connectivity index (χ1n) is 6.73. The Balaban J connectivity index is 2.48. The average Bonchev–Trinajstić information content (AvgIpc) is 2.28. The van der Waals surface area contributed by atoms with Gasteiger partial charge in [-0.15, -0.1) is 0 Å². The van der Waals surface area contributed by atoms with Gasteiger partial charge in [0.15, 0.2) is 0 Å². The normalized spacial score (nSPS) is 11.6. The molecule has 0 radical (unpaired) electrons. The van der Waals surface area contributed by atoms with E-state index in [1.807, 2.05) is 18.2 Å². The van der Waals surface area contributed by atoms with Gasteiger partial charge in [-0.2, -0.15) is 0 Å². The number of hydrogen-bond acceptors (Lipinski definition) is 2. The third-order valence-electron chi connectivity index (χ3n) is 3.21. The van der Waals surface area contributed by atoms with Crippen molar-refractivity contribution in [3.8, 4) is 0 Å². The van der Waals surface area contributed by atoms with Crippen LogP contribution >= 0.6 is 15.9 Å². The van der Waals surface area contributed by atoms with Gasteiger partial charge < -0.3 is 11.1 Å². The second-order valence-electron chi connectivity index (χ2n) is 5.71. The molecule has 0 saturated carbocycles. The molecule has 0 atom stereocenters. The molecule has 0 bridgehead atoms. The van der Waals surface area contributed by atoms with Crippen LogP contribution in [0.5, 0.6) is 0 Å². The minimum atomic E-state index is 0.329. The first-order chi connectivity index (χ1) is 8.44. The summed E-state index contributed by atoms with van der Waals surface area (Å²) in [6.45, 7) is 7.87. The topological polar surface area (TPSA) is 38.0 Å². The van der Waals surface area contributed by atoms with E-state index in [0.717, 1.165) is 22.4 Å². The Labute approximate surface area is 119 Å². The monoisotopic (exact) mass is 312 g/mol. The van der Waals surface area contributed by atoms with Crippen LogP contribution in [0.1, 0.15) is 46.5 Å². The number of nitrogens with two attached hydrogens (primary N) is 1. The minimum Gasteiger partial charge on any atom is -0.399 e. The quantitative estimate of drug-likeness (QED) is 0.546. The summed E-state index contributed by atoms with van der Waals surface area (Å²) < 4.78 is 1.03. The molecule has 0 amide bonds. The molecule has 1 rings (SSSR count). The van der Waals surface area contributed by atoms with Crippen molar-refractivity contribution in [1.29, 1.82) is 0 Å². The van der Waals surface area contributed by atoms with Crippen molar-refractivity contribution in [3.05, 3.63) is 22.7 Å². The summed E-state index contributed by atoms with van der Waals surface area (Å²) in [7, 11) is 0. The molecule has 2 nitrogen and oxygen atoms in total. The highest BCUT2D eigenvalue weighted by molar-refractivity contribution is 9.10. The van der Waals surface area contributed by atoms with Crippen molar-refractivity contribution in [2.45, 2.75) is 46.5 Å². The number of rotatable bonds is 7. The lowest BCUT2D eigenvalue weighted by Gasteiger charge is -2.26. The van der Waals surface area contributed by atoms with Crippen molar-refractivity contribution in [3.63, 3.8) is 0 Å². The van der Waals surface area contributed by atoms with E-state index in [1.54, 1.807) is 0 Å². The Morgan fingerprint density at radius 3 is 2.61 bits per heavy atom. The Bertz CT molecular complexity index is 375. The van der Waals surface area contributed by atoms with Crippen molar-refractivity contribution in [2.24, 2.45) is 5.41 Å². The van der Waals surface area contributed by atoms with Gasteiger partial charge in [0.05, 0.1) is 0 Å². The molecular formula is C15H25BrN2. The molecule has 18 heavy (non-hydrogen) atoms. The Hall–Kier alpha value is -0.700. The van der Waals surface area contributed by atoms with Crippen molar-refractivity contribution >= 4 is 27.3 Å². The van der Waals surface area contributed by atoms with E-state index in [2.05, 4.69) is 42.0 Å². The molecule has 102 valence electrons. The molecule has 0 unspecified atom stereocenters. The van der Waals surface area contributed by atoms with Crippen LogP contribution in [0.4, 0.5) is 11.4 Å². The number of nitrogen functional groups attached to an aromatic ring is 1. The summed E-state index contributed by atoms with van der Waals surface area (Å²) in [6.07, 6.45) is 5.19. The predicted molar refractivity (Wildman–Crippen MR) is 85.0 cm³/mol. The molecule has 0 aliphatic carbocycles. The zero-order valence-electron chi connectivity index (χ0n) is 11.7. The van der Waals surface area contributed by atoms with Crippen molar-refractivity contribution < 1.29 is 0 Å². The average molecular weight is 313 g/mol. The van der Waals surface area contributed by atoms with Crippen molar-refractivity contribution in [1.82, 2.24) is 0 Å². The molecule has 0 aliphatic heterocycles. The second kappa shape index (κ2) is 7.03. The standard InChI is InChI=1S/C15H25BrN2/c1-4-5-6-9-15(2,3)11-18-14-8-7-12(17)10-13(14)16/h7-8,10,18H,4-6,9,11,17H2,1-3H3. The van der Waals surface area contributed by atoms with Gasteiger partial charge in [0.2, 0.25) is 0 Å². The van der Waals surface area contributed by atoms with Crippen molar-refractivity contribution in [2.75, 3.05) is 17.6 Å². The summed E-state index contributed by atoms with van der Waals surface area (Å²) in [5.74, 6) is 0. The van der Waals surface area contributed by atoms with Crippen LogP contribution in [0.3, 0.4) is 0 Å². The lowest BCUT2D eigenvalue weighted by atomic mass is 9.87. The van der Waals surface area contributed by atoms with Crippen LogP contribution in [0.2, 0.25) is 0 Å². The fourth-order valence-corrected chi connectivity index (χ4v) is 2.49. The first-order valence-corrected chi connectivity index (χ1v) is 7.53. The zero-order chi connectivity index (χ0) is 13.6. The molecule has 0 aromatic heterocycles. The second-order valence-corrected chi connectivity index (χ2v) is 6.57. The maximum Gasteiger partial charge on any atom is 0.0486 e. The van der Waals surface area contributed by atoms with Gasteiger partial charge in [-0.25, -0.2) is 0 Å². The maximum atomic E-state index is 5.73. The summed E-state index contributed by atoms with van der Waals surface area (Å²) >= 11 is 3.54. The lowest BCUT2D eigenvalue weighted by Crippen LogP contribution is -2.23. The highest BCUT2D eigenvalue weighted by Gasteiger charge is 2.17. The van der Waals surface area contributed by atoms with Gasteiger partial charge in [0.1, 0.15) is 0 Å².